The van der Waals surface area contributed by atoms with E-state index in [1.54, 1.807) is 6.92 Å². The Labute approximate surface area is 79.2 Å². The molecule has 3 nitrogen and oxygen atoms in total. The summed E-state index contributed by atoms with van der Waals surface area (Å²) in [7, 11) is 0. The predicted molar refractivity (Wildman–Crippen MR) is 43.4 cm³/mol. The Hall–Kier alpha value is -1.04. The molecule has 0 spiro atoms. The first kappa shape index (κ1) is 11.0. The van der Waals surface area contributed by atoms with Gasteiger partial charge < -0.3 is 5.11 Å². The quantitative estimate of drug-likeness (QED) is 0.806. The minimum atomic E-state index is -4.46. The van der Waals surface area contributed by atoms with Crippen LogP contribution in [0.25, 0.3) is 0 Å². The van der Waals surface area contributed by atoms with Gasteiger partial charge in [0.25, 0.3) is 0 Å². The van der Waals surface area contributed by atoms with Crippen molar-refractivity contribution in [2.24, 2.45) is 0 Å². The molecule has 0 aliphatic rings. The summed E-state index contributed by atoms with van der Waals surface area (Å²) in [5.41, 5.74) is -2.37. The van der Waals surface area contributed by atoms with Gasteiger partial charge in [-0.2, -0.15) is 18.3 Å². The molecule has 14 heavy (non-hydrogen) atoms. The van der Waals surface area contributed by atoms with Crippen LogP contribution in [0.4, 0.5) is 13.2 Å². The Morgan fingerprint density at radius 3 is 2.43 bits per heavy atom. The molecule has 1 unspecified atom stereocenters. The van der Waals surface area contributed by atoms with Gasteiger partial charge in [0, 0.05) is 6.20 Å². The molecule has 0 radical (unpaired) electrons. The van der Waals surface area contributed by atoms with Crippen molar-refractivity contribution in [3.63, 3.8) is 0 Å². The maximum atomic E-state index is 12.1. The van der Waals surface area contributed by atoms with E-state index in [4.69, 9.17) is 0 Å². The molecular formula is C8H11F3N2O. The van der Waals surface area contributed by atoms with Gasteiger partial charge >= 0.3 is 6.18 Å². The van der Waals surface area contributed by atoms with Gasteiger partial charge in [-0.25, -0.2) is 4.68 Å². The van der Waals surface area contributed by atoms with E-state index >= 15 is 0 Å². The van der Waals surface area contributed by atoms with Gasteiger partial charge in [-0.1, -0.05) is 6.92 Å². The zero-order valence-corrected chi connectivity index (χ0v) is 7.84. The van der Waals surface area contributed by atoms with E-state index in [-0.39, 0.29) is 6.42 Å². The average molecular weight is 208 g/mol. The lowest BCUT2D eigenvalue weighted by Gasteiger charge is -2.21. The third kappa shape index (κ3) is 2.06. The van der Waals surface area contributed by atoms with Gasteiger partial charge in [0.1, 0.15) is 0 Å². The molecule has 1 rings (SSSR count). The van der Waals surface area contributed by atoms with E-state index in [9.17, 15) is 18.3 Å². The SMILES string of the molecule is CCC(C)(O)n1ccc(C(F)(F)F)n1. The molecule has 0 saturated heterocycles. The van der Waals surface area contributed by atoms with Crippen LogP contribution in [0, 0.1) is 0 Å². The number of halogens is 3. The van der Waals surface area contributed by atoms with Crippen molar-refractivity contribution >= 4 is 0 Å². The van der Waals surface area contributed by atoms with Crippen LogP contribution < -0.4 is 0 Å². The first-order chi connectivity index (χ1) is 6.27. The van der Waals surface area contributed by atoms with Gasteiger partial charge in [0.05, 0.1) is 0 Å². The molecule has 6 heteroatoms. The molecule has 1 N–H and O–H groups in total. The third-order valence-electron chi connectivity index (χ3n) is 2.04. The molecule has 0 fully saturated rings. The lowest BCUT2D eigenvalue weighted by molar-refractivity contribution is -0.142. The van der Waals surface area contributed by atoms with Crippen LogP contribution in [-0.4, -0.2) is 14.9 Å². The lowest BCUT2D eigenvalue weighted by atomic mass is 10.2. The summed E-state index contributed by atoms with van der Waals surface area (Å²) in [6.07, 6.45) is -3.06. The first-order valence-electron chi connectivity index (χ1n) is 4.13. The van der Waals surface area contributed by atoms with Crippen LogP contribution in [-0.2, 0) is 11.9 Å². The Morgan fingerprint density at radius 2 is 2.07 bits per heavy atom. The van der Waals surface area contributed by atoms with E-state index in [0.717, 1.165) is 16.9 Å². The Kier molecular flexibility index (Phi) is 2.58. The Bertz CT molecular complexity index is 317. The fourth-order valence-electron chi connectivity index (χ4n) is 0.905. The summed E-state index contributed by atoms with van der Waals surface area (Å²) in [5.74, 6) is 0. The van der Waals surface area contributed by atoms with Crippen LogP contribution in [0.2, 0.25) is 0 Å². The molecule has 1 heterocycles. The van der Waals surface area contributed by atoms with Crippen molar-refractivity contribution < 1.29 is 18.3 Å². The highest BCUT2D eigenvalue weighted by atomic mass is 19.4. The molecular weight excluding hydrogens is 197 g/mol. The topological polar surface area (TPSA) is 38.0 Å². The maximum absolute atomic E-state index is 12.1. The van der Waals surface area contributed by atoms with Gasteiger partial charge in [-0.15, -0.1) is 0 Å². The van der Waals surface area contributed by atoms with E-state index in [1.165, 1.54) is 6.92 Å². The minimum absolute atomic E-state index is 0.284. The summed E-state index contributed by atoms with van der Waals surface area (Å²) in [6, 6.07) is 0.837. The average Bonchev–Trinajstić information content (AvgIpc) is 2.51. The van der Waals surface area contributed by atoms with Gasteiger partial charge in [-0.3, -0.25) is 0 Å². The summed E-state index contributed by atoms with van der Waals surface area (Å²) >= 11 is 0. The summed E-state index contributed by atoms with van der Waals surface area (Å²) in [4.78, 5) is 0. The molecule has 1 aromatic heterocycles. The molecule has 0 aliphatic carbocycles. The van der Waals surface area contributed by atoms with Crippen molar-refractivity contribution in [2.45, 2.75) is 32.2 Å². The standard InChI is InChI=1S/C8H11F3N2O/c1-3-7(2,14)13-5-4-6(12-13)8(9,10)11/h4-5,14H,3H2,1-2H3. The zero-order valence-electron chi connectivity index (χ0n) is 7.84. The molecule has 1 aromatic rings. The fraction of sp³-hybridized carbons (Fsp3) is 0.625. The molecule has 80 valence electrons. The summed E-state index contributed by atoms with van der Waals surface area (Å²) in [5, 5.41) is 12.9. The molecule has 0 amide bonds. The molecule has 0 bridgehead atoms. The first-order valence-corrected chi connectivity index (χ1v) is 4.13. The highest BCUT2D eigenvalue weighted by Gasteiger charge is 2.35. The van der Waals surface area contributed by atoms with Crippen molar-refractivity contribution in [1.29, 1.82) is 0 Å². The van der Waals surface area contributed by atoms with Crippen LogP contribution in [0.1, 0.15) is 26.0 Å². The van der Waals surface area contributed by atoms with Crippen molar-refractivity contribution in [3.05, 3.63) is 18.0 Å². The van der Waals surface area contributed by atoms with Crippen LogP contribution in [0.3, 0.4) is 0 Å². The van der Waals surface area contributed by atoms with Crippen LogP contribution in [0.15, 0.2) is 12.3 Å². The zero-order chi connectivity index (χ0) is 11.0. The number of alkyl halides is 3. The van der Waals surface area contributed by atoms with Gasteiger partial charge in [0.2, 0.25) is 0 Å². The second-order valence-corrected chi connectivity index (χ2v) is 3.21. The number of aliphatic hydroxyl groups is 1. The third-order valence-corrected chi connectivity index (χ3v) is 2.04. The van der Waals surface area contributed by atoms with Crippen molar-refractivity contribution in [1.82, 2.24) is 9.78 Å². The van der Waals surface area contributed by atoms with Crippen molar-refractivity contribution in [3.8, 4) is 0 Å². The van der Waals surface area contributed by atoms with E-state index < -0.39 is 17.6 Å². The second-order valence-electron chi connectivity index (χ2n) is 3.21. The van der Waals surface area contributed by atoms with Crippen LogP contribution in [0.5, 0.6) is 0 Å². The van der Waals surface area contributed by atoms with Crippen LogP contribution >= 0.6 is 0 Å². The van der Waals surface area contributed by atoms with Gasteiger partial charge in [-0.05, 0) is 19.4 Å². The second kappa shape index (κ2) is 3.27. The van der Waals surface area contributed by atoms with Gasteiger partial charge in [0.15, 0.2) is 11.4 Å². The number of hydrogen-bond donors (Lipinski definition) is 1. The predicted octanol–water partition coefficient (Wildman–Crippen LogP) is 1.98. The minimum Gasteiger partial charge on any atom is -0.369 e. The highest BCUT2D eigenvalue weighted by molar-refractivity contribution is 5.04. The largest absolute Gasteiger partial charge is 0.435 e. The summed E-state index contributed by atoms with van der Waals surface area (Å²) in [6.45, 7) is 3.06. The monoisotopic (exact) mass is 208 g/mol. The Morgan fingerprint density at radius 1 is 1.50 bits per heavy atom. The maximum Gasteiger partial charge on any atom is 0.435 e. The number of nitrogens with zero attached hydrogens (tertiary/aromatic N) is 2. The Balaban J connectivity index is 3.00. The lowest BCUT2D eigenvalue weighted by Crippen LogP contribution is -2.29. The molecule has 0 saturated carbocycles. The number of hydrogen-bond acceptors (Lipinski definition) is 2. The molecule has 0 aliphatic heterocycles. The number of aromatic nitrogens is 2. The highest BCUT2D eigenvalue weighted by Crippen LogP contribution is 2.28. The molecule has 0 aromatic carbocycles. The van der Waals surface area contributed by atoms with Crippen molar-refractivity contribution in [2.75, 3.05) is 0 Å². The fourth-order valence-corrected chi connectivity index (χ4v) is 0.905. The van der Waals surface area contributed by atoms with E-state index in [2.05, 4.69) is 5.10 Å². The smallest absolute Gasteiger partial charge is 0.369 e. The van der Waals surface area contributed by atoms with E-state index in [1.807, 2.05) is 0 Å². The summed E-state index contributed by atoms with van der Waals surface area (Å²) < 4.78 is 37.3. The van der Waals surface area contributed by atoms with E-state index in [0.29, 0.717) is 0 Å². The number of rotatable bonds is 2. The normalized spacial score (nSPS) is 16.7. The molecule has 1 atom stereocenters.